The van der Waals surface area contributed by atoms with Gasteiger partial charge in [-0.05, 0) is 74.5 Å². The molecule has 28 heavy (non-hydrogen) atoms. The molecular weight excluding hydrogens is 348 g/mol. The van der Waals surface area contributed by atoms with Gasteiger partial charge in [0.05, 0.1) is 12.2 Å². The van der Waals surface area contributed by atoms with Crippen molar-refractivity contribution in [3.63, 3.8) is 0 Å². The fourth-order valence-corrected chi connectivity index (χ4v) is 6.60. The normalized spacial score (nSPS) is 41.1. The van der Waals surface area contributed by atoms with Crippen LogP contribution in [0.2, 0.25) is 0 Å². The number of unbranched alkanes of at least 4 members (excludes halogenated alkanes) is 1. The highest BCUT2D eigenvalue weighted by Gasteiger charge is 2.50. The average Bonchev–Trinajstić information content (AvgIpc) is 3.02. The standard InChI is InChI=1S/C25H42O3/c1-17(7-4-5-14-26)21-11-12-22-20(8-6-13-25(21,22)3)10-9-19-15-23(27)18(2)24(28)16-19/h9-10,17-18,21-24,26-28H,4-8,11-16H2,1-3H3/t17-,18?,21-,22+,23-,24-,25-/m1/s1. The summed E-state index contributed by atoms with van der Waals surface area (Å²) in [6, 6.07) is 0. The van der Waals surface area contributed by atoms with Crippen molar-refractivity contribution in [3.05, 3.63) is 23.3 Å². The highest BCUT2D eigenvalue weighted by atomic mass is 16.3. The van der Waals surface area contributed by atoms with E-state index in [0.717, 1.165) is 24.7 Å². The molecule has 160 valence electrons. The van der Waals surface area contributed by atoms with Crippen molar-refractivity contribution in [2.75, 3.05) is 6.61 Å². The first-order valence-electron chi connectivity index (χ1n) is 11.7. The van der Waals surface area contributed by atoms with Gasteiger partial charge in [0.2, 0.25) is 0 Å². The smallest absolute Gasteiger partial charge is 0.0627 e. The summed E-state index contributed by atoms with van der Waals surface area (Å²) in [6.45, 7) is 7.23. The van der Waals surface area contributed by atoms with E-state index in [9.17, 15) is 10.2 Å². The number of hydrogen-bond donors (Lipinski definition) is 3. The van der Waals surface area contributed by atoms with Gasteiger partial charge in [0, 0.05) is 12.5 Å². The van der Waals surface area contributed by atoms with Gasteiger partial charge in [-0.25, -0.2) is 0 Å². The van der Waals surface area contributed by atoms with Gasteiger partial charge in [0.25, 0.3) is 0 Å². The third-order valence-corrected chi connectivity index (χ3v) is 8.48. The number of allylic oxidation sites excluding steroid dienone is 3. The fourth-order valence-electron chi connectivity index (χ4n) is 6.60. The SMILES string of the molecule is CC1[C@H](O)CC(=CC=C2CCC[C@]3(C)[C@@H]([C@H](C)CCCCO)CC[C@@H]23)C[C@H]1O. The Bertz CT molecular complexity index is 566. The molecule has 0 radical (unpaired) electrons. The Balaban J connectivity index is 1.70. The Hall–Kier alpha value is -0.640. The maximum absolute atomic E-state index is 10.2. The van der Waals surface area contributed by atoms with Gasteiger partial charge in [-0.15, -0.1) is 0 Å². The molecular formula is C25H42O3. The van der Waals surface area contributed by atoms with Crippen molar-refractivity contribution >= 4 is 0 Å². The lowest BCUT2D eigenvalue weighted by Gasteiger charge is -2.44. The molecule has 0 aliphatic heterocycles. The first kappa shape index (κ1) is 22.1. The third-order valence-electron chi connectivity index (χ3n) is 8.48. The molecule has 3 aliphatic carbocycles. The average molecular weight is 391 g/mol. The molecule has 0 aromatic heterocycles. The van der Waals surface area contributed by atoms with Crippen LogP contribution < -0.4 is 0 Å². The number of rotatable bonds is 6. The molecule has 3 aliphatic rings. The monoisotopic (exact) mass is 390 g/mol. The van der Waals surface area contributed by atoms with E-state index in [1.54, 1.807) is 5.57 Å². The molecule has 3 saturated carbocycles. The molecule has 0 amide bonds. The summed E-state index contributed by atoms with van der Waals surface area (Å²) in [7, 11) is 0. The van der Waals surface area contributed by atoms with Crippen LogP contribution in [0.15, 0.2) is 23.3 Å². The minimum Gasteiger partial charge on any atom is -0.396 e. The van der Waals surface area contributed by atoms with Gasteiger partial charge in [-0.1, -0.05) is 56.9 Å². The van der Waals surface area contributed by atoms with Crippen LogP contribution in [0.1, 0.15) is 85.0 Å². The zero-order chi connectivity index (χ0) is 20.3. The van der Waals surface area contributed by atoms with Gasteiger partial charge in [0.1, 0.15) is 0 Å². The lowest BCUT2D eigenvalue weighted by Crippen LogP contribution is -2.36. The third kappa shape index (κ3) is 4.57. The Labute approximate surface area is 171 Å². The van der Waals surface area contributed by atoms with Crippen LogP contribution in [-0.2, 0) is 0 Å². The van der Waals surface area contributed by atoms with E-state index in [2.05, 4.69) is 26.0 Å². The predicted octanol–water partition coefficient (Wildman–Crippen LogP) is 5.01. The number of aliphatic hydroxyl groups excluding tert-OH is 3. The molecule has 3 fully saturated rings. The Morgan fingerprint density at radius 2 is 1.82 bits per heavy atom. The highest BCUT2D eigenvalue weighted by Crippen LogP contribution is 2.59. The minimum absolute atomic E-state index is 0.0225. The maximum atomic E-state index is 10.2. The summed E-state index contributed by atoms with van der Waals surface area (Å²) in [5, 5.41) is 29.5. The first-order valence-corrected chi connectivity index (χ1v) is 11.7. The highest BCUT2D eigenvalue weighted by molar-refractivity contribution is 5.26. The summed E-state index contributed by atoms with van der Waals surface area (Å²) in [4.78, 5) is 0. The van der Waals surface area contributed by atoms with Crippen LogP contribution in [0.25, 0.3) is 0 Å². The van der Waals surface area contributed by atoms with Crippen LogP contribution in [0.4, 0.5) is 0 Å². The molecule has 3 N–H and O–H groups in total. The molecule has 0 spiro atoms. The second-order valence-corrected chi connectivity index (χ2v) is 10.3. The van der Waals surface area contributed by atoms with E-state index in [1.807, 2.05) is 6.92 Å². The van der Waals surface area contributed by atoms with E-state index >= 15 is 0 Å². The van der Waals surface area contributed by atoms with Crippen molar-refractivity contribution in [3.8, 4) is 0 Å². The topological polar surface area (TPSA) is 60.7 Å². The maximum Gasteiger partial charge on any atom is 0.0627 e. The largest absolute Gasteiger partial charge is 0.396 e. The molecule has 0 unspecified atom stereocenters. The van der Waals surface area contributed by atoms with Crippen molar-refractivity contribution < 1.29 is 15.3 Å². The Morgan fingerprint density at radius 3 is 2.50 bits per heavy atom. The van der Waals surface area contributed by atoms with Crippen LogP contribution in [0.5, 0.6) is 0 Å². The molecule has 6 atom stereocenters. The zero-order valence-electron chi connectivity index (χ0n) is 18.2. The number of aliphatic hydroxyl groups is 3. The number of fused-ring (bicyclic) bond motifs is 1. The summed E-state index contributed by atoms with van der Waals surface area (Å²) in [6.07, 6.45) is 14.9. The van der Waals surface area contributed by atoms with E-state index in [1.165, 1.54) is 44.1 Å². The van der Waals surface area contributed by atoms with Gasteiger partial charge in [-0.3, -0.25) is 0 Å². The molecule has 0 heterocycles. The van der Waals surface area contributed by atoms with Gasteiger partial charge >= 0.3 is 0 Å². The van der Waals surface area contributed by atoms with Crippen LogP contribution in [0.3, 0.4) is 0 Å². The molecule has 3 nitrogen and oxygen atoms in total. The van der Waals surface area contributed by atoms with Crippen LogP contribution in [0, 0.1) is 29.1 Å². The molecule has 3 rings (SSSR count). The summed E-state index contributed by atoms with van der Waals surface area (Å²) < 4.78 is 0. The molecule has 0 saturated heterocycles. The molecule has 3 heteroatoms. The number of hydrogen-bond acceptors (Lipinski definition) is 3. The molecule has 0 bridgehead atoms. The molecule has 0 aromatic rings. The Morgan fingerprint density at radius 1 is 1.11 bits per heavy atom. The van der Waals surface area contributed by atoms with Gasteiger partial charge in [-0.2, -0.15) is 0 Å². The zero-order valence-corrected chi connectivity index (χ0v) is 18.2. The summed E-state index contributed by atoms with van der Waals surface area (Å²) in [5.41, 5.74) is 3.22. The predicted molar refractivity (Wildman–Crippen MR) is 115 cm³/mol. The van der Waals surface area contributed by atoms with Gasteiger partial charge < -0.3 is 15.3 Å². The second kappa shape index (κ2) is 9.45. The Kier molecular flexibility index (Phi) is 7.44. The molecule has 0 aromatic carbocycles. The van der Waals surface area contributed by atoms with Gasteiger partial charge in [0.15, 0.2) is 0 Å². The first-order chi connectivity index (χ1) is 13.4. The van der Waals surface area contributed by atoms with Crippen molar-refractivity contribution in [1.82, 2.24) is 0 Å². The fraction of sp³-hybridized carbons (Fsp3) is 0.840. The van der Waals surface area contributed by atoms with E-state index < -0.39 is 12.2 Å². The van der Waals surface area contributed by atoms with E-state index in [4.69, 9.17) is 5.11 Å². The minimum atomic E-state index is -0.416. The lowest BCUT2D eigenvalue weighted by molar-refractivity contribution is 0.00407. The van der Waals surface area contributed by atoms with Crippen molar-refractivity contribution in [2.45, 2.75) is 97.2 Å². The van der Waals surface area contributed by atoms with E-state index in [-0.39, 0.29) is 5.92 Å². The van der Waals surface area contributed by atoms with Crippen LogP contribution >= 0.6 is 0 Å². The quantitative estimate of drug-likeness (QED) is 0.559. The second-order valence-electron chi connectivity index (χ2n) is 10.3. The van der Waals surface area contributed by atoms with Crippen LogP contribution in [-0.4, -0.2) is 34.1 Å². The summed E-state index contributed by atoms with van der Waals surface area (Å²) >= 11 is 0. The van der Waals surface area contributed by atoms with Crippen molar-refractivity contribution in [2.24, 2.45) is 29.1 Å². The van der Waals surface area contributed by atoms with E-state index in [0.29, 0.717) is 30.8 Å². The summed E-state index contributed by atoms with van der Waals surface area (Å²) in [5.74, 6) is 2.21. The van der Waals surface area contributed by atoms with Crippen molar-refractivity contribution in [1.29, 1.82) is 0 Å². The lowest BCUT2D eigenvalue weighted by atomic mass is 9.60.